The number of carbonyl (C=O) groups is 1. The number of thiocarbonyl (C=S) groups is 1. The summed E-state index contributed by atoms with van der Waals surface area (Å²) in [7, 11) is 0. The van der Waals surface area contributed by atoms with Crippen molar-refractivity contribution in [3.8, 4) is 0 Å². The molecule has 1 aliphatic heterocycles. The summed E-state index contributed by atoms with van der Waals surface area (Å²) in [6, 6.07) is 0. The second-order valence-corrected chi connectivity index (χ2v) is 6.81. The van der Waals surface area contributed by atoms with Gasteiger partial charge in [0.15, 0.2) is 5.11 Å². The Morgan fingerprint density at radius 2 is 2.27 bits per heavy atom. The van der Waals surface area contributed by atoms with Crippen molar-refractivity contribution in [1.82, 2.24) is 5.32 Å². The molecule has 2 N–H and O–H groups in total. The number of aryl methyl sites for hydroxylation is 1. The average molecular weight is 342 g/mol. The van der Waals surface area contributed by atoms with Gasteiger partial charge in [-0.25, -0.2) is 4.79 Å². The molecule has 2 heterocycles. The fraction of sp³-hybridized carbons (Fsp3) is 0.600. The Morgan fingerprint density at radius 1 is 1.50 bits per heavy atom. The van der Waals surface area contributed by atoms with Crippen LogP contribution in [0.4, 0.5) is 5.00 Å². The zero-order chi connectivity index (χ0) is 16.1. The molecule has 1 aromatic heterocycles. The number of hydrogen-bond acceptors (Lipinski definition) is 5. The van der Waals surface area contributed by atoms with Gasteiger partial charge in [-0.05, 0) is 51.4 Å². The maximum atomic E-state index is 12.1. The molecule has 0 aromatic carbocycles. The molecule has 0 saturated carbocycles. The summed E-state index contributed by atoms with van der Waals surface area (Å²) in [6.07, 6.45) is 2.38. The van der Waals surface area contributed by atoms with E-state index in [0.717, 1.165) is 34.9 Å². The summed E-state index contributed by atoms with van der Waals surface area (Å²) in [5.74, 6) is -0.311. The van der Waals surface area contributed by atoms with Crippen molar-refractivity contribution in [2.45, 2.75) is 39.7 Å². The Labute approximate surface area is 140 Å². The SMILES string of the molecule is CCOC(=O)c1c(NC(=S)NC[C@H]2CCCO2)sc(C)c1C. The Morgan fingerprint density at radius 3 is 2.91 bits per heavy atom. The fourth-order valence-corrected chi connectivity index (χ4v) is 3.63. The number of carbonyl (C=O) groups excluding carboxylic acids is 1. The van der Waals surface area contributed by atoms with Crippen molar-refractivity contribution in [3.63, 3.8) is 0 Å². The molecule has 1 atom stereocenters. The molecular weight excluding hydrogens is 320 g/mol. The largest absolute Gasteiger partial charge is 0.462 e. The molecule has 1 saturated heterocycles. The topological polar surface area (TPSA) is 59.6 Å². The van der Waals surface area contributed by atoms with Crippen molar-refractivity contribution in [2.24, 2.45) is 0 Å². The normalized spacial score (nSPS) is 17.3. The van der Waals surface area contributed by atoms with Crippen LogP contribution in [0, 0.1) is 13.8 Å². The van der Waals surface area contributed by atoms with E-state index in [1.165, 1.54) is 11.3 Å². The van der Waals surface area contributed by atoms with Crippen LogP contribution < -0.4 is 10.6 Å². The molecule has 0 amide bonds. The highest BCUT2D eigenvalue weighted by atomic mass is 32.1. The van der Waals surface area contributed by atoms with Crippen molar-refractivity contribution in [3.05, 3.63) is 16.0 Å². The molecule has 22 heavy (non-hydrogen) atoms. The number of hydrogen-bond donors (Lipinski definition) is 2. The predicted molar refractivity (Wildman–Crippen MR) is 92.9 cm³/mol. The van der Waals surface area contributed by atoms with E-state index in [2.05, 4.69) is 10.6 Å². The third-order valence-electron chi connectivity index (χ3n) is 3.61. The van der Waals surface area contributed by atoms with Gasteiger partial charge in [0.25, 0.3) is 0 Å². The molecule has 122 valence electrons. The van der Waals surface area contributed by atoms with Gasteiger partial charge in [0.1, 0.15) is 5.00 Å². The number of esters is 1. The number of anilines is 1. The van der Waals surface area contributed by atoms with Crippen LogP contribution in [0.2, 0.25) is 0 Å². The standard InChI is InChI=1S/C15H22N2O3S2/c1-4-19-14(18)12-9(2)10(3)22-13(12)17-15(21)16-8-11-6-5-7-20-11/h11H,4-8H2,1-3H3,(H2,16,17,21)/t11-/m1/s1. The van der Waals surface area contributed by atoms with E-state index >= 15 is 0 Å². The first-order valence-corrected chi connectivity index (χ1v) is 8.69. The van der Waals surface area contributed by atoms with Gasteiger partial charge in [0, 0.05) is 18.0 Å². The Hall–Kier alpha value is -1.18. The number of thiophene rings is 1. The third kappa shape index (κ3) is 4.18. The van der Waals surface area contributed by atoms with Crippen LogP contribution in [0.15, 0.2) is 0 Å². The second kappa shape index (κ2) is 7.89. The molecule has 0 aliphatic carbocycles. The van der Waals surface area contributed by atoms with Crippen molar-refractivity contribution in [2.75, 3.05) is 25.1 Å². The summed E-state index contributed by atoms with van der Waals surface area (Å²) in [5, 5.41) is 7.50. The quantitative estimate of drug-likeness (QED) is 0.634. The summed E-state index contributed by atoms with van der Waals surface area (Å²) in [4.78, 5) is 13.2. The Balaban J connectivity index is 2.00. The van der Waals surface area contributed by atoms with Gasteiger partial charge in [-0.2, -0.15) is 0 Å². The van der Waals surface area contributed by atoms with E-state index < -0.39 is 0 Å². The second-order valence-electron chi connectivity index (χ2n) is 5.18. The molecule has 7 heteroatoms. The monoisotopic (exact) mass is 342 g/mol. The van der Waals surface area contributed by atoms with Crippen LogP contribution in [-0.4, -0.2) is 36.9 Å². The minimum atomic E-state index is -0.311. The van der Waals surface area contributed by atoms with Crippen LogP contribution in [0.3, 0.4) is 0 Å². The van der Waals surface area contributed by atoms with Crippen LogP contribution in [0.5, 0.6) is 0 Å². The van der Waals surface area contributed by atoms with E-state index in [-0.39, 0.29) is 12.1 Å². The zero-order valence-corrected chi connectivity index (χ0v) is 14.8. The van der Waals surface area contributed by atoms with Gasteiger partial charge in [0.2, 0.25) is 0 Å². The smallest absolute Gasteiger partial charge is 0.341 e. The number of rotatable bonds is 5. The Bertz CT molecular complexity index is 551. The summed E-state index contributed by atoms with van der Waals surface area (Å²) in [5.41, 5.74) is 1.51. The maximum absolute atomic E-state index is 12.1. The average Bonchev–Trinajstić information content (AvgIpc) is 3.06. The van der Waals surface area contributed by atoms with Gasteiger partial charge in [-0.3, -0.25) is 0 Å². The van der Waals surface area contributed by atoms with Crippen LogP contribution >= 0.6 is 23.6 Å². The summed E-state index contributed by atoms with van der Waals surface area (Å²) >= 11 is 6.82. The minimum Gasteiger partial charge on any atom is -0.462 e. The van der Waals surface area contributed by atoms with Gasteiger partial charge in [-0.1, -0.05) is 0 Å². The molecule has 0 spiro atoms. The summed E-state index contributed by atoms with van der Waals surface area (Å²) in [6.45, 7) is 7.57. The lowest BCUT2D eigenvalue weighted by Crippen LogP contribution is -2.35. The van der Waals surface area contributed by atoms with Crippen LogP contribution in [-0.2, 0) is 9.47 Å². The van der Waals surface area contributed by atoms with E-state index in [0.29, 0.717) is 23.8 Å². The Kier molecular flexibility index (Phi) is 6.16. The van der Waals surface area contributed by atoms with Gasteiger partial charge in [-0.15, -0.1) is 11.3 Å². The molecule has 0 radical (unpaired) electrons. The highest BCUT2D eigenvalue weighted by molar-refractivity contribution is 7.80. The van der Waals surface area contributed by atoms with E-state index in [4.69, 9.17) is 21.7 Å². The summed E-state index contributed by atoms with van der Waals surface area (Å²) < 4.78 is 10.7. The van der Waals surface area contributed by atoms with E-state index in [1.807, 2.05) is 13.8 Å². The molecule has 5 nitrogen and oxygen atoms in total. The van der Waals surface area contributed by atoms with Crippen molar-refractivity contribution < 1.29 is 14.3 Å². The van der Waals surface area contributed by atoms with Gasteiger partial charge in [0.05, 0.1) is 18.3 Å². The van der Waals surface area contributed by atoms with Crippen LogP contribution in [0.25, 0.3) is 0 Å². The molecule has 2 rings (SSSR count). The lowest BCUT2D eigenvalue weighted by molar-refractivity contribution is 0.0527. The molecule has 1 fully saturated rings. The van der Waals surface area contributed by atoms with E-state index in [9.17, 15) is 4.79 Å². The number of ether oxygens (including phenoxy) is 2. The highest BCUT2D eigenvalue weighted by Crippen LogP contribution is 2.33. The van der Waals surface area contributed by atoms with Crippen molar-refractivity contribution in [1.29, 1.82) is 0 Å². The predicted octanol–water partition coefficient (Wildman–Crippen LogP) is 3.01. The third-order valence-corrected chi connectivity index (χ3v) is 4.98. The molecular formula is C15H22N2O3S2. The molecule has 0 unspecified atom stereocenters. The van der Waals surface area contributed by atoms with Crippen molar-refractivity contribution >= 4 is 39.6 Å². The highest BCUT2D eigenvalue weighted by Gasteiger charge is 2.21. The number of nitrogens with one attached hydrogen (secondary N) is 2. The first-order chi connectivity index (χ1) is 10.5. The zero-order valence-electron chi connectivity index (χ0n) is 13.2. The lowest BCUT2D eigenvalue weighted by atomic mass is 10.1. The first-order valence-electron chi connectivity index (χ1n) is 7.46. The minimum absolute atomic E-state index is 0.219. The fourth-order valence-electron chi connectivity index (χ4n) is 2.32. The van der Waals surface area contributed by atoms with Crippen LogP contribution in [0.1, 0.15) is 40.6 Å². The van der Waals surface area contributed by atoms with E-state index in [1.54, 1.807) is 6.92 Å². The molecule has 1 aromatic rings. The van der Waals surface area contributed by atoms with Gasteiger partial charge >= 0.3 is 5.97 Å². The van der Waals surface area contributed by atoms with Gasteiger partial charge < -0.3 is 20.1 Å². The lowest BCUT2D eigenvalue weighted by Gasteiger charge is -2.14. The molecule has 1 aliphatic rings. The maximum Gasteiger partial charge on any atom is 0.341 e. The first kappa shape index (κ1) is 17.2. The molecule has 0 bridgehead atoms.